The van der Waals surface area contributed by atoms with Crippen LogP contribution in [0.5, 0.6) is 0 Å². The fourth-order valence-corrected chi connectivity index (χ4v) is 2.94. The van der Waals surface area contributed by atoms with Crippen molar-refractivity contribution >= 4 is 22.4 Å². The first kappa shape index (κ1) is 12.5. The maximum atomic E-state index is 11.9. The lowest BCUT2D eigenvalue weighted by atomic mass is 10.2. The molecule has 0 saturated heterocycles. The van der Waals surface area contributed by atoms with Gasteiger partial charge < -0.3 is 5.32 Å². The molecule has 1 aromatic rings. The Kier molecular flexibility index (Phi) is 4.50. The number of amides is 1. The van der Waals surface area contributed by atoms with Gasteiger partial charge in [-0.1, -0.05) is 19.8 Å². The molecule has 1 saturated carbocycles. The van der Waals surface area contributed by atoms with Gasteiger partial charge in [0.05, 0.1) is 6.54 Å². The second-order valence-corrected chi connectivity index (χ2v) is 5.28. The number of nitrogens with zero attached hydrogens (tertiary/aromatic N) is 2. The number of carbonyl (C=O) groups excluding carboxylic acids is 1. The second-order valence-electron chi connectivity index (χ2n) is 4.39. The lowest BCUT2D eigenvalue weighted by Gasteiger charge is -2.26. The summed E-state index contributed by atoms with van der Waals surface area (Å²) in [5, 5.41) is 5.39. The van der Waals surface area contributed by atoms with E-state index in [1.807, 2.05) is 5.38 Å². The van der Waals surface area contributed by atoms with E-state index in [9.17, 15) is 4.79 Å². The zero-order valence-corrected chi connectivity index (χ0v) is 11.0. The molecule has 94 valence electrons. The van der Waals surface area contributed by atoms with Crippen molar-refractivity contribution in [2.75, 3.05) is 18.4 Å². The summed E-state index contributed by atoms with van der Waals surface area (Å²) < 4.78 is 0. The second kappa shape index (κ2) is 6.12. The highest BCUT2D eigenvalue weighted by Gasteiger charge is 2.23. The Morgan fingerprint density at radius 3 is 2.94 bits per heavy atom. The molecule has 0 unspecified atom stereocenters. The normalized spacial score (nSPS) is 16.6. The number of aromatic nitrogens is 1. The predicted octanol–water partition coefficient (Wildman–Crippen LogP) is 2.35. The Balaban J connectivity index is 1.83. The Hall–Kier alpha value is -0.940. The number of hydrogen-bond donors (Lipinski definition) is 1. The molecular weight excluding hydrogens is 234 g/mol. The van der Waals surface area contributed by atoms with Crippen molar-refractivity contribution in [3.63, 3.8) is 0 Å². The summed E-state index contributed by atoms with van der Waals surface area (Å²) >= 11 is 1.46. The van der Waals surface area contributed by atoms with Gasteiger partial charge in [0.15, 0.2) is 5.13 Å². The van der Waals surface area contributed by atoms with Crippen LogP contribution >= 0.6 is 11.3 Å². The summed E-state index contributed by atoms with van der Waals surface area (Å²) in [6.45, 7) is 3.55. The molecule has 0 atom stereocenters. The number of rotatable bonds is 5. The third-order valence-corrected chi connectivity index (χ3v) is 3.96. The molecule has 1 heterocycles. The molecule has 1 amide bonds. The van der Waals surface area contributed by atoms with Crippen LogP contribution in [-0.2, 0) is 4.79 Å². The monoisotopic (exact) mass is 253 g/mol. The number of likely N-dealkylation sites (N-methyl/N-ethyl adjacent to an activating group) is 1. The van der Waals surface area contributed by atoms with Crippen LogP contribution in [0.4, 0.5) is 5.13 Å². The first-order chi connectivity index (χ1) is 8.29. The summed E-state index contributed by atoms with van der Waals surface area (Å²) in [6.07, 6.45) is 6.77. The van der Waals surface area contributed by atoms with E-state index in [1.54, 1.807) is 6.20 Å². The van der Waals surface area contributed by atoms with Crippen LogP contribution in [0, 0.1) is 0 Å². The lowest BCUT2D eigenvalue weighted by molar-refractivity contribution is -0.117. The van der Waals surface area contributed by atoms with Gasteiger partial charge >= 0.3 is 0 Å². The van der Waals surface area contributed by atoms with Gasteiger partial charge in [-0.15, -0.1) is 11.3 Å². The molecule has 5 heteroatoms. The van der Waals surface area contributed by atoms with E-state index in [0.29, 0.717) is 17.7 Å². The highest BCUT2D eigenvalue weighted by molar-refractivity contribution is 7.13. The highest BCUT2D eigenvalue weighted by atomic mass is 32.1. The van der Waals surface area contributed by atoms with Gasteiger partial charge in [-0.2, -0.15) is 0 Å². The molecule has 0 aliphatic heterocycles. The first-order valence-corrected chi connectivity index (χ1v) is 7.11. The SMILES string of the molecule is CCN(CC(=O)Nc1nccs1)C1CCCC1. The number of carbonyl (C=O) groups is 1. The van der Waals surface area contributed by atoms with Crippen LogP contribution in [0.1, 0.15) is 32.6 Å². The van der Waals surface area contributed by atoms with Crippen LogP contribution in [-0.4, -0.2) is 34.9 Å². The van der Waals surface area contributed by atoms with E-state index in [1.165, 1.54) is 37.0 Å². The molecule has 0 bridgehead atoms. The standard InChI is InChI=1S/C12H19N3OS/c1-2-15(10-5-3-4-6-10)9-11(16)14-12-13-7-8-17-12/h7-8,10H,2-6,9H2,1H3,(H,13,14,16). The largest absolute Gasteiger partial charge is 0.301 e. The molecule has 0 radical (unpaired) electrons. The fourth-order valence-electron chi connectivity index (χ4n) is 2.40. The van der Waals surface area contributed by atoms with Gasteiger partial charge in [0.2, 0.25) is 5.91 Å². The molecular formula is C12H19N3OS. The Morgan fingerprint density at radius 1 is 1.59 bits per heavy atom. The minimum atomic E-state index is 0.0497. The minimum Gasteiger partial charge on any atom is -0.301 e. The van der Waals surface area contributed by atoms with Crippen molar-refractivity contribution in [1.82, 2.24) is 9.88 Å². The molecule has 17 heavy (non-hydrogen) atoms. The van der Waals surface area contributed by atoms with Crippen molar-refractivity contribution in [3.05, 3.63) is 11.6 Å². The topological polar surface area (TPSA) is 45.2 Å². The molecule has 0 spiro atoms. The zero-order chi connectivity index (χ0) is 12.1. The molecule has 1 fully saturated rings. The van der Waals surface area contributed by atoms with Gasteiger partial charge in [-0.05, 0) is 19.4 Å². The highest BCUT2D eigenvalue weighted by Crippen LogP contribution is 2.23. The Labute approximate surface area is 106 Å². The summed E-state index contributed by atoms with van der Waals surface area (Å²) in [5.74, 6) is 0.0497. The minimum absolute atomic E-state index is 0.0497. The van der Waals surface area contributed by atoms with Crippen molar-refractivity contribution in [2.24, 2.45) is 0 Å². The van der Waals surface area contributed by atoms with E-state index < -0.39 is 0 Å². The van der Waals surface area contributed by atoms with Gasteiger partial charge in [-0.25, -0.2) is 4.98 Å². The Morgan fingerprint density at radius 2 is 2.35 bits per heavy atom. The first-order valence-electron chi connectivity index (χ1n) is 6.23. The zero-order valence-electron chi connectivity index (χ0n) is 10.2. The fraction of sp³-hybridized carbons (Fsp3) is 0.667. The summed E-state index contributed by atoms with van der Waals surface area (Å²) in [7, 11) is 0. The lowest BCUT2D eigenvalue weighted by Crippen LogP contribution is -2.39. The van der Waals surface area contributed by atoms with Crippen molar-refractivity contribution < 1.29 is 4.79 Å². The molecule has 0 aromatic carbocycles. The molecule has 1 aliphatic rings. The van der Waals surface area contributed by atoms with Gasteiger partial charge in [0.25, 0.3) is 0 Å². The van der Waals surface area contributed by atoms with Gasteiger partial charge in [0.1, 0.15) is 0 Å². The van der Waals surface area contributed by atoms with Crippen molar-refractivity contribution in [2.45, 2.75) is 38.6 Å². The number of hydrogen-bond acceptors (Lipinski definition) is 4. The van der Waals surface area contributed by atoms with E-state index in [4.69, 9.17) is 0 Å². The Bertz CT molecular complexity index is 347. The summed E-state index contributed by atoms with van der Waals surface area (Å²) in [6, 6.07) is 0.599. The van der Waals surface area contributed by atoms with Crippen LogP contribution in [0.15, 0.2) is 11.6 Å². The smallest absolute Gasteiger partial charge is 0.240 e. The summed E-state index contributed by atoms with van der Waals surface area (Å²) in [5.41, 5.74) is 0. The molecule has 1 aliphatic carbocycles. The average Bonchev–Trinajstić information content (AvgIpc) is 2.97. The average molecular weight is 253 g/mol. The number of anilines is 1. The van der Waals surface area contributed by atoms with E-state index in [-0.39, 0.29) is 5.91 Å². The van der Waals surface area contributed by atoms with Gasteiger partial charge in [0, 0.05) is 17.6 Å². The van der Waals surface area contributed by atoms with E-state index >= 15 is 0 Å². The van der Waals surface area contributed by atoms with Crippen molar-refractivity contribution in [1.29, 1.82) is 0 Å². The summed E-state index contributed by atoms with van der Waals surface area (Å²) in [4.78, 5) is 18.2. The quantitative estimate of drug-likeness (QED) is 0.876. The van der Waals surface area contributed by atoms with E-state index in [2.05, 4.69) is 22.1 Å². The number of nitrogens with one attached hydrogen (secondary N) is 1. The molecule has 4 nitrogen and oxygen atoms in total. The predicted molar refractivity (Wildman–Crippen MR) is 70.2 cm³/mol. The van der Waals surface area contributed by atoms with Crippen molar-refractivity contribution in [3.8, 4) is 0 Å². The van der Waals surface area contributed by atoms with E-state index in [0.717, 1.165) is 6.54 Å². The maximum absolute atomic E-state index is 11.9. The maximum Gasteiger partial charge on any atom is 0.240 e. The van der Waals surface area contributed by atoms with Gasteiger partial charge in [-0.3, -0.25) is 9.69 Å². The molecule has 1 N–H and O–H groups in total. The molecule has 1 aromatic heterocycles. The number of thiazole rings is 1. The van der Waals surface area contributed by atoms with Crippen LogP contribution in [0.3, 0.4) is 0 Å². The third-order valence-electron chi connectivity index (χ3n) is 3.27. The molecule has 2 rings (SSSR count). The van der Waals surface area contributed by atoms with Crippen LogP contribution < -0.4 is 5.32 Å². The van der Waals surface area contributed by atoms with Crippen LogP contribution in [0.25, 0.3) is 0 Å². The van der Waals surface area contributed by atoms with Crippen LogP contribution in [0.2, 0.25) is 0 Å². The third kappa shape index (κ3) is 3.51.